The van der Waals surface area contributed by atoms with E-state index in [4.69, 9.17) is 4.74 Å². The molecular weight excluding hydrogens is 243 g/mol. The average molecular weight is 260 g/mol. The lowest BCUT2D eigenvalue weighted by Gasteiger charge is -2.20. The van der Waals surface area contributed by atoms with Gasteiger partial charge in [0.15, 0.2) is 0 Å². The highest BCUT2D eigenvalue weighted by Crippen LogP contribution is 2.31. The minimum atomic E-state index is -0.329. The third-order valence-corrected chi connectivity index (χ3v) is 3.10. The highest BCUT2D eigenvalue weighted by Gasteiger charge is 2.19. The van der Waals surface area contributed by atoms with E-state index in [1.54, 1.807) is 26.4 Å². The fourth-order valence-electron chi connectivity index (χ4n) is 2.16. The van der Waals surface area contributed by atoms with Crippen molar-refractivity contribution in [2.24, 2.45) is 0 Å². The van der Waals surface area contributed by atoms with Crippen molar-refractivity contribution in [3.8, 4) is 5.75 Å². The highest BCUT2D eigenvalue weighted by molar-refractivity contribution is 5.43. The van der Waals surface area contributed by atoms with Crippen molar-refractivity contribution >= 4 is 0 Å². The lowest BCUT2D eigenvalue weighted by Crippen LogP contribution is -2.19. The molecule has 0 aliphatic rings. The third kappa shape index (κ3) is 2.74. The molecule has 0 aliphatic heterocycles. The molecular formula is C15H17FN2O. The molecule has 0 saturated carbocycles. The van der Waals surface area contributed by atoms with Gasteiger partial charge in [0.05, 0.1) is 19.3 Å². The summed E-state index contributed by atoms with van der Waals surface area (Å²) < 4.78 is 19.3. The predicted octanol–water partition coefficient (Wildman–Crippen LogP) is 2.85. The summed E-state index contributed by atoms with van der Waals surface area (Å²) in [5, 5.41) is 3.12. The van der Waals surface area contributed by atoms with E-state index in [-0.39, 0.29) is 11.9 Å². The Bertz CT molecular complexity index is 572. The minimum Gasteiger partial charge on any atom is -0.496 e. The Balaban J connectivity index is 2.51. The van der Waals surface area contributed by atoms with Crippen LogP contribution >= 0.6 is 0 Å². The molecule has 0 spiro atoms. The maximum absolute atomic E-state index is 13.9. The maximum Gasteiger partial charge on any atom is 0.146 e. The summed E-state index contributed by atoms with van der Waals surface area (Å²) in [6.45, 7) is 1.99. The summed E-state index contributed by atoms with van der Waals surface area (Å²) >= 11 is 0. The van der Waals surface area contributed by atoms with Gasteiger partial charge < -0.3 is 10.1 Å². The predicted molar refractivity (Wildman–Crippen MR) is 72.8 cm³/mol. The first-order chi connectivity index (χ1) is 9.17. The van der Waals surface area contributed by atoms with Gasteiger partial charge in [0.1, 0.15) is 11.6 Å². The maximum atomic E-state index is 13.9. The molecule has 1 aromatic heterocycles. The van der Waals surface area contributed by atoms with Gasteiger partial charge in [-0.2, -0.15) is 0 Å². The van der Waals surface area contributed by atoms with Crippen LogP contribution < -0.4 is 10.1 Å². The van der Waals surface area contributed by atoms with Gasteiger partial charge in [0.25, 0.3) is 0 Å². The van der Waals surface area contributed by atoms with Crippen molar-refractivity contribution in [3.05, 3.63) is 59.2 Å². The van der Waals surface area contributed by atoms with Crippen molar-refractivity contribution in [1.82, 2.24) is 10.3 Å². The van der Waals surface area contributed by atoms with Crippen LogP contribution in [-0.4, -0.2) is 19.1 Å². The number of halogens is 1. The van der Waals surface area contributed by atoms with Crippen LogP contribution in [-0.2, 0) is 0 Å². The molecule has 0 radical (unpaired) electrons. The first kappa shape index (κ1) is 13.5. The second-order valence-corrected chi connectivity index (χ2v) is 4.36. The Labute approximate surface area is 112 Å². The second-order valence-electron chi connectivity index (χ2n) is 4.36. The molecule has 4 heteroatoms. The number of rotatable bonds is 4. The van der Waals surface area contributed by atoms with Crippen LogP contribution in [0.15, 0.2) is 36.7 Å². The van der Waals surface area contributed by atoms with E-state index in [0.29, 0.717) is 5.56 Å². The summed E-state index contributed by atoms with van der Waals surface area (Å²) in [5.41, 5.74) is 2.56. The Morgan fingerprint density at radius 1 is 1.26 bits per heavy atom. The number of pyridine rings is 1. The number of benzene rings is 1. The molecule has 2 rings (SSSR count). The van der Waals surface area contributed by atoms with E-state index in [9.17, 15) is 4.39 Å². The number of aromatic nitrogens is 1. The molecule has 0 saturated heterocycles. The van der Waals surface area contributed by atoms with Gasteiger partial charge in [-0.05, 0) is 31.7 Å². The fraction of sp³-hybridized carbons (Fsp3) is 0.267. The lowest BCUT2D eigenvalue weighted by atomic mass is 9.97. The SMILES string of the molecule is CNC(c1ccncc1F)c1ccc(C)cc1OC. The third-order valence-electron chi connectivity index (χ3n) is 3.10. The summed E-state index contributed by atoms with van der Waals surface area (Å²) in [6, 6.07) is 7.30. The van der Waals surface area contributed by atoms with Crippen molar-refractivity contribution in [2.75, 3.05) is 14.2 Å². The highest BCUT2D eigenvalue weighted by atomic mass is 19.1. The Morgan fingerprint density at radius 2 is 2.05 bits per heavy atom. The molecule has 0 fully saturated rings. The molecule has 1 heterocycles. The van der Waals surface area contributed by atoms with Crippen LogP contribution in [0.3, 0.4) is 0 Å². The lowest BCUT2D eigenvalue weighted by molar-refractivity contribution is 0.404. The number of aryl methyl sites for hydroxylation is 1. The summed E-state index contributed by atoms with van der Waals surface area (Å²) in [7, 11) is 3.41. The number of hydrogen-bond donors (Lipinski definition) is 1. The van der Waals surface area contributed by atoms with Crippen molar-refractivity contribution in [1.29, 1.82) is 0 Å². The first-order valence-electron chi connectivity index (χ1n) is 6.08. The molecule has 1 N–H and O–H groups in total. The fourth-order valence-corrected chi connectivity index (χ4v) is 2.16. The van der Waals surface area contributed by atoms with Gasteiger partial charge in [-0.15, -0.1) is 0 Å². The van der Waals surface area contributed by atoms with Crippen LogP contribution in [0, 0.1) is 12.7 Å². The van der Waals surface area contributed by atoms with Crippen LogP contribution in [0.25, 0.3) is 0 Å². The Hall–Kier alpha value is -1.94. The first-order valence-corrected chi connectivity index (χ1v) is 6.08. The van der Waals surface area contributed by atoms with E-state index >= 15 is 0 Å². The average Bonchev–Trinajstić information content (AvgIpc) is 2.43. The van der Waals surface area contributed by atoms with Crippen molar-refractivity contribution in [3.63, 3.8) is 0 Å². The topological polar surface area (TPSA) is 34.2 Å². The van der Waals surface area contributed by atoms with Crippen molar-refractivity contribution in [2.45, 2.75) is 13.0 Å². The number of hydrogen-bond acceptors (Lipinski definition) is 3. The standard InChI is InChI=1S/C15H17FN2O/c1-10-4-5-12(14(8-10)19-3)15(17-2)11-6-7-18-9-13(11)16/h4-9,15,17H,1-3H3. The summed E-state index contributed by atoms with van der Waals surface area (Å²) in [4.78, 5) is 3.78. The van der Waals surface area contributed by atoms with Gasteiger partial charge in [-0.25, -0.2) is 4.39 Å². The smallest absolute Gasteiger partial charge is 0.146 e. The zero-order valence-corrected chi connectivity index (χ0v) is 11.3. The molecule has 2 aromatic rings. The van der Waals surface area contributed by atoms with E-state index in [1.165, 1.54) is 6.20 Å². The molecule has 1 unspecified atom stereocenters. The molecule has 3 nitrogen and oxygen atoms in total. The largest absolute Gasteiger partial charge is 0.496 e. The van der Waals surface area contributed by atoms with Crippen LogP contribution in [0.5, 0.6) is 5.75 Å². The number of nitrogens with zero attached hydrogens (tertiary/aromatic N) is 1. The van der Waals surface area contributed by atoms with Crippen molar-refractivity contribution < 1.29 is 9.13 Å². The molecule has 100 valence electrons. The zero-order valence-electron chi connectivity index (χ0n) is 11.3. The number of nitrogens with one attached hydrogen (secondary N) is 1. The second kappa shape index (κ2) is 5.80. The van der Waals surface area contributed by atoms with Gasteiger partial charge in [-0.1, -0.05) is 12.1 Å². The van der Waals surface area contributed by atoms with Gasteiger partial charge in [-0.3, -0.25) is 4.98 Å². The van der Waals surface area contributed by atoms with Crippen LogP contribution in [0.2, 0.25) is 0 Å². The molecule has 0 aliphatic carbocycles. The Morgan fingerprint density at radius 3 is 2.68 bits per heavy atom. The molecule has 1 atom stereocenters. The normalized spacial score (nSPS) is 12.2. The van der Waals surface area contributed by atoms with E-state index in [0.717, 1.165) is 16.9 Å². The van der Waals surface area contributed by atoms with Crippen LogP contribution in [0.1, 0.15) is 22.7 Å². The van der Waals surface area contributed by atoms with E-state index in [2.05, 4.69) is 10.3 Å². The monoisotopic (exact) mass is 260 g/mol. The summed E-state index contributed by atoms with van der Waals surface area (Å²) in [5.74, 6) is 0.417. The van der Waals surface area contributed by atoms with E-state index in [1.807, 2.05) is 25.1 Å². The molecule has 1 aromatic carbocycles. The van der Waals surface area contributed by atoms with Crippen LogP contribution in [0.4, 0.5) is 4.39 Å². The Kier molecular flexibility index (Phi) is 4.12. The minimum absolute atomic E-state index is 0.265. The molecule has 19 heavy (non-hydrogen) atoms. The van der Waals surface area contributed by atoms with Gasteiger partial charge >= 0.3 is 0 Å². The zero-order chi connectivity index (χ0) is 13.8. The van der Waals surface area contributed by atoms with Gasteiger partial charge in [0.2, 0.25) is 0 Å². The quantitative estimate of drug-likeness (QED) is 0.918. The van der Waals surface area contributed by atoms with E-state index < -0.39 is 0 Å². The summed E-state index contributed by atoms with van der Waals surface area (Å²) in [6.07, 6.45) is 2.81. The van der Waals surface area contributed by atoms with Gasteiger partial charge in [0, 0.05) is 17.3 Å². The number of ether oxygens (including phenoxy) is 1. The molecule has 0 bridgehead atoms. The number of methoxy groups -OCH3 is 1. The molecule has 0 amide bonds.